The minimum Gasteiger partial charge on any atom is -0.347 e. The minimum atomic E-state index is -0.342. The summed E-state index contributed by atoms with van der Waals surface area (Å²) in [6, 6.07) is 2.21. The lowest BCUT2D eigenvalue weighted by Gasteiger charge is -2.21. The fraction of sp³-hybridized carbons (Fsp3) is 0.600. The van der Waals surface area contributed by atoms with Crippen LogP contribution in [0.25, 0.3) is 0 Å². The Balaban J connectivity index is 2.48. The van der Waals surface area contributed by atoms with E-state index >= 15 is 0 Å². The Kier molecular flexibility index (Phi) is 3.29. The number of nitrogens with zero attached hydrogens (tertiary/aromatic N) is 1. The quantitative estimate of drug-likeness (QED) is 0.889. The van der Waals surface area contributed by atoms with Gasteiger partial charge in [-0.3, -0.25) is 9.59 Å². The lowest BCUT2D eigenvalue weighted by atomic mass is 10.1. The average Bonchev–Trinajstić information content (AvgIpc) is 2.97. The number of aryl methyl sites for hydroxylation is 2. The van der Waals surface area contributed by atoms with E-state index in [4.69, 9.17) is 0 Å². The first-order valence-corrected chi connectivity index (χ1v) is 6.76. The fourth-order valence-corrected chi connectivity index (χ4v) is 2.37. The Morgan fingerprint density at radius 3 is 2.37 bits per heavy atom. The highest BCUT2D eigenvalue weighted by molar-refractivity contribution is 5.95. The standard InChI is InChI=1S/C15H22N2O2/c1-9-8-10(2)17(11-6-7-11)14(19)12(9)13(18)16-15(3,4)5/h8,11H,6-7H2,1-5H3,(H,16,18). The van der Waals surface area contributed by atoms with Gasteiger partial charge in [-0.25, -0.2) is 0 Å². The lowest BCUT2D eigenvalue weighted by molar-refractivity contribution is 0.0916. The molecule has 2 rings (SSSR count). The van der Waals surface area contributed by atoms with Gasteiger partial charge < -0.3 is 9.88 Å². The number of amides is 1. The second kappa shape index (κ2) is 4.51. The van der Waals surface area contributed by atoms with E-state index in [0.29, 0.717) is 0 Å². The normalized spacial score (nSPS) is 15.4. The van der Waals surface area contributed by atoms with Crippen LogP contribution in [0, 0.1) is 13.8 Å². The number of nitrogens with one attached hydrogen (secondary N) is 1. The molecule has 1 fully saturated rings. The first kappa shape index (κ1) is 13.8. The summed E-state index contributed by atoms with van der Waals surface area (Å²) in [5, 5.41) is 2.87. The predicted octanol–water partition coefficient (Wildman–Crippen LogP) is 2.33. The maximum atomic E-state index is 12.5. The molecule has 1 heterocycles. The Morgan fingerprint density at radius 2 is 1.89 bits per heavy atom. The number of aromatic nitrogens is 1. The molecular weight excluding hydrogens is 240 g/mol. The van der Waals surface area contributed by atoms with Gasteiger partial charge >= 0.3 is 0 Å². The second-order valence-electron chi connectivity index (χ2n) is 6.45. The van der Waals surface area contributed by atoms with Crippen molar-refractivity contribution in [1.82, 2.24) is 9.88 Å². The third-order valence-corrected chi connectivity index (χ3v) is 3.26. The van der Waals surface area contributed by atoms with Crippen LogP contribution in [-0.4, -0.2) is 16.0 Å². The summed E-state index contributed by atoms with van der Waals surface area (Å²) in [6.07, 6.45) is 2.06. The van der Waals surface area contributed by atoms with E-state index in [-0.39, 0.29) is 28.6 Å². The third-order valence-electron chi connectivity index (χ3n) is 3.26. The van der Waals surface area contributed by atoms with Gasteiger partial charge in [-0.1, -0.05) is 0 Å². The van der Waals surface area contributed by atoms with Gasteiger partial charge in [0.15, 0.2) is 0 Å². The van der Waals surface area contributed by atoms with Crippen molar-refractivity contribution in [1.29, 1.82) is 0 Å². The molecule has 1 aliphatic carbocycles. The summed E-state index contributed by atoms with van der Waals surface area (Å²) in [4.78, 5) is 24.8. The van der Waals surface area contributed by atoms with Crippen LogP contribution in [0.4, 0.5) is 0 Å². The van der Waals surface area contributed by atoms with Crippen LogP contribution in [0.5, 0.6) is 0 Å². The predicted molar refractivity (Wildman–Crippen MR) is 75.7 cm³/mol. The van der Waals surface area contributed by atoms with Crippen molar-refractivity contribution in [3.05, 3.63) is 33.2 Å². The number of carbonyl (C=O) groups is 1. The maximum absolute atomic E-state index is 12.5. The largest absolute Gasteiger partial charge is 0.347 e. The topological polar surface area (TPSA) is 51.1 Å². The van der Waals surface area contributed by atoms with Crippen LogP contribution in [0.1, 0.15) is 61.3 Å². The van der Waals surface area contributed by atoms with Crippen LogP contribution in [0.15, 0.2) is 10.9 Å². The van der Waals surface area contributed by atoms with Gasteiger partial charge in [0.05, 0.1) is 0 Å². The second-order valence-corrected chi connectivity index (χ2v) is 6.45. The van der Waals surface area contributed by atoms with Gasteiger partial charge in [0.1, 0.15) is 5.56 Å². The molecule has 19 heavy (non-hydrogen) atoms. The first-order valence-electron chi connectivity index (χ1n) is 6.76. The summed E-state index contributed by atoms with van der Waals surface area (Å²) in [6.45, 7) is 9.48. The molecule has 4 heteroatoms. The van der Waals surface area contributed by atoms with Crippen LogP contribution in [-0.2, 0) is 0 Å². The minimum absolute atomic E-state index is 0.151. The molecule has 0 atom stereocenters. The van der Waals surface area contributed by atoms with E-state index in [0.717, 1.165) is 24.1 Å². The van der Waals surface area contributed by atoms with Crippen LogP contribution in [0.2, 0.25) is 0 Å². The third kappa shape index (κ3) is 2.88. The Bertz CT molecular complexity index is 575. The van der Waals surface area contributed by atoms with E-state index in [1.807, 2.05) is 40.7 Å². The van der Waals surface area contributed by atoms with Gasteiger partial charge in [0, 0.05) is 17.3 Å². The molecule has 0 unspecified atom stereocenters. The zero-order valence-corrected chi connectivity index (χ0v) is 12.3. The SMILES string of the molecule is Cc1cc(C)n(C2CC2)c(=O)c1C(=O)NC(C)(C)C. The van der Waals surface area contributed by atoms with Crippen LogP contribution in [0.3, 0.4) is 0 Å². The van der Waals surface area contributed by atoms with Crippen molar-refractivity contribution in [2.24, 2.45) is 0 Å². The molecule has 0 radical (unpaired) electrons. The molecule has 1 aromatic heterocycles. The van der Waals surface area contributed by atoms with Crippen LogP contribution >= 0.6 is 0 Å². The molecule has 0 aliphatic heterocycles. The molecule has 0 aromatic carbocycles. The van der Waals surface area contributed by atoms with Crippen molar-refractivity contribution < 1.29 is 4.79 Å². The highest BCUT2D eigenvalue weighted by atomic mass is 16.2. The molecule has 1 amide bonds. The monoisotopic (exact) mass is 262 g/mol. The van der Waals surface area contributed by atoms with Crippen molar-refractivity contribution in [2.45, 2.75) is 59.0 Å². The van der Waals surface area contributed by atoms with Crippen molar-refractivity contribution >= 4 is 5.91 Å². The van der Waals surface area contributed by atoms with Crippen LogP contribution < -0.4 is 10.9 Å². The van der Waals surface area contributed by atoms with E-state index < -0.39 is 0 Å². The van der Waals surface area contributed by atoms with Gasteiger partial charge in [0.2, 0.25) is 0 Å². The maximum Gasteiger partial charge on any atom is 0.264 e. The summed E-state index contributed by atoms with van der Waals surface area (Å²) < 4.78 is 1.77. The van der Waals surface area contributed by atoms with Gasteiger partial charge in [-0.05, 0) is 59.1 Å². The fourth-order valence-electron chi connectivity index (χ4n) is 2.37. The Morgan fingerprint density at radius 1 is 1.32 bits per heavy atom. The van der Waals surface area contributed by atoms with Gasteiger partial charge in [0.25, 0.3) is 11.5 Å². The molecule has 104 valence electrons. The van der Waals surface area contributed by atoms with E-state index in [9.17, 15) is 9.59 Å². The van der Waals surface area contributed by atoms with Gasteiger partial charge in [-0.2, -0.15) is 0 Å². The van der Waals surface area contributed by atoms with E-state index in [1.165, 1.54) is 0 Å². The van der Waals surface area contributed by atoms with Gasteiger partial charge in [-0.15, -0.1) is 0 Å². The number of pyridine rings is 1. The lowest BCUT2D eigenvalue weighted by Crippen LogP contribution is -2.44. The molecule has 0 bridgehead atoms. The summed E-state index contributed by atoms with van der Waals surface area (Å²) >= 11 is 0. The number of hydrogen-bond acceptors (Lipinski definition) is 2. The molecule has 1 saturated carbocycles. The molecule has 4 nitrogen and oxygen atoms in total. The number of carbonyl (C=O) groups excluding carboxylic acids is 1. The Hall–Kier alpha value is -1.58. The van der Waals surface area contributed by atoms with E-state index in [2.05, 4.69) is 5.32 Å². The molecule has 1 aliphatic rings. The zero-order chi connectivity index (χ0) is 14.4. The van der Waals surface area contributed by atoms with Crippen molar-refractivity contribution in [2.75, 3.05) is 0 Å². The van der Waals surface area contributed by atoms with Crippen molar-refractivity contribution in [3.63, 3.8) is 0 Å². The smallest absolute Gasteiger partial charge is 0.264 e. The number of rotatable bonds is 2. The molecular formula is C15H22N2O2. The first-order chi connectivity index (χ1) is 8.70. The van der Waals surface area contributed by atoms with E-state index in [1.54, 1.807) is 4.57 Å². The highest BCUT2D eigenvalue weighted by Gasteiger charge is 2.29. The summed E-state index contributed by atoms with van der Waals surface area (Å²) in [5.74, 6) is -0.274. The number of hydrogen-bond donors (Lipinski definition) is 1. The van der Waals surface area contributed by atoms with Crippen molar-refractivity contribution in [3.8, 4) is 0 Å². The molecule has 1 N–H and O–H groups in total. The molecule has 1 aromatic rings. The summed E-state index contributed by atoms with van der Waals surface area (Å²) in [7, 11) is 0. The zero-order valence-electron chi connectivity index (χ0n) is 12.3. The highest BCUT2D eigenvalue weighted by Crippen LogP contribution is 2.34. The summed E-state index contributed by atoms with van der Waals surface area (Å²) in [5.41, 5.74) is 1.48. The Labute approximate surface area is 113 Å². The molecule has 0 saturated heterocycles. The average molecular weight is 262 g/mol. The molecule has 0 spiro atoms.